The standard InChI is InChI=1S/C12H19NO4/c1-4-16-11(15)13-10-8(14)6-5-7-9(10)17-12(13,2)3/h5-6,8-10,14H,4,7H2,1-3H3/t8-,9-,10+/m0/s1. The fourth-order valence-electron chi connectivity index (χ4n) is 2.58. The lowest BCUT2D eigenvalue weighted by Gasteiger charge is -2.34. The maximum atomic E-state index is 11.9. The van der Waals surface area contributed by atoms with Gasteiger partial charge in [0, 0.05) is 0 Å². The number of carbonyl (C=O) groups excluding carboxylic acids is 1. The summed E-state index contributed by atoms with van der Waals surface area (Å²) < 4.78 is 10.8. The quantitative estimate of drug-likeness (QED) is 0.702. The van der Waals surface area contributed by atoms with E-state index in [1.54, 1.807) is 13.0 Å². The first-order valence-corrected chi connectivity index (χ1v) is 5.96. The van der Waals surface area contributed by atoms with Gasteiger partial charge in [0.1, 0.15) is 5.72 Å². The molecule has 0 aromatic rings. The highest BCUT2D eigenvalue weighted by atomic mass is 16.6. The summed E-state index contributed by atoms with van der Waals surface area (Å²) in [5, 5.41) is 9.98. The van der Waals surface area contributed by atoms with Crippen molar-refractivity contribution in [3.63, 3.8) is 0 Å². The average Bonchev–Trinajstić information content (AvgIpc) is 2.50. The predicted octanol–water partition coefficient (Wildman–Crippen LogP) is 1.27. The van der Waals surface area contributed by atoms with Crippen LogP contribution in [-0.4, -0.2) is 46.7 Å². The second-order valence-electron chi connectivity index (χ2n) is 4.82. The number of amides is 1. The molecule has 0 radical (unpaired) electrons. The summed E-state index contributed by atoms with van der Waals surface area (Å²) >= 11 is 0. The van der Waals surface area contributed by atoms with Crippen molar-refractivity contribution in [2.24, 2.45) is 0 Å². The Balaban J connectivity index is 2.26. The van der Waals surface area contributed by atoms with Crippen LogP contribution in [0.3, 0.4) is 0 Å². The van der Waals surface area contributed by atoms with Crippen molar-refractivity contribution in [3.05, 3.63) is 12.2 Å². The molecule has 1 saturated heterocycles. The van der Waals surface area contributed by atoms with Crippen LogP contribution in [0.15, 0.2) is 12.2 Å². The molecule has 3 atom stereocenters. The number of aliphatic hydroxyl groups is 1. The molecule has 0 bridgehead atoms. The van der Waals surface area contributed by atoms with Gasteiger partial charge in [-0.25, -0.2) is 4.79 Å². The fraction of sp³-hybridized carbons (Fsp3) is 0.750. The Bertz CT molecular complexity index is 339. The Morgan fingerprint density at radius 1 is 1.65 bits per heavy atom. The Hall–Kier alpha value is -1.07. The molecule has 1 aliphatic heterocycles. The molecular formula is C12H19NO4. The summed E-state index contributed by atoms with van der Waals surface area (Å²) in [6.07, 6.45) is 3.02. The molecule has 0 saturated carbocycles. The van der Waals surface area contributed by atoms with Crippen LogP contribution >= 0.6 is 0 Å². The van der Waals surface area contributed by atoms with E-state index < -0.39 is 17.9 Å². The molecule has 5 heteroatoms. The first kappa shape index (κ1) is 12.4. The predicted molar refractivity (Wildman–Crippen MR) is 61.4 cm³/mol. The summed E-state index contributed by atoms with van der Waals surface area (Å²) in [7, 11) is 0. The van der Waals surface area contributed by atoms with Gasteiger partial charge in [-0.2, -0.15) is 0 Å². The zero-order valence-electron chi connectivity index (χ0n) is 10.4. The van der Waals surface area contributed by atoms with Gasteiger partial charge in [0.15, 0.2) is 0 Å². The van der Waals surface area contributed by atoms with Gasteiger partial charge in [0.2, 0.25) is 0 Å². The first-order chi connectivity index (χ1) is 7.97. The molecule has 1 N–H and O–H groups in total. The summed E-state index contributed by atoms with van der Waals surface area (Å²) in [6.45, 7) is 5.70. The zero-order valence-corrected chi connectivity index (χ0v) is 10.4. The average molecular weight is 241 g/mol. The Labute approximate surface area is 101 Å². The van der Waals surface area contributed by atoms with E-state index in [0.29, 0.717) is 13.0 Å². The smallest absolute Gasteiger partial charge is 0.412 e. The summed E-state index contributed by atoms with van der Waals surface area (Å²) in [4.78, 5) is 13.5. The molecule has 1 fully saturated rings. The van der Waals surface area contributed by atoms with Gasteiger partial charge in [-0.1, -0.05) is 12.2 Å². The first-order valence-electron chi connectivity index (χ1n) is 5.96. The van der Waals surface area contributed by atoms with Gasteiger partial charge in [0.05, 0.1) is 24.9 Å². The summed E-state index contributed by atoms with van der Waals surface area (Å²) in [6, 6.07) is -0.353. The third-order valence-electron chi connectivity index (χ3n) is 3.22. The molecule has 1 aliphatic carbocycles. The molecule has 0 unspecified atom stereocenters. The maximum Gasteiger partial charge on any atom is 0.412 e. The Kier molecular flexibility index (Phi) is 3.14. The van der Waals surface area contributed by atoms with Crippen LogP contribution in [0.5, 0.6) is 0 Å². The lowest BCUT2D eigenvalue weighted by Crippen LogP contribution is -2.53. The van der Waals surface area contributed by atoms with Gasteiger partial charge in [0.25, 0.3) is 0 Å². The summed E-state index contributed by atoms with van der Waals surface area (Å²) in [5.74, 6) is 0. The number of fused-ring (bicyclic) bond motifs is 1. The largest absolute Gasteiger partial charge is 0.450 e. The lowest BCUT2D eigenvalue weighted by molar-refractivity contribution is -0.0688. The molecule has 2 aliphatic rings. The van der Waals surface area contributed by atoms with Crippen molar-refractivity contribution in [2.75, 3.05) is 6.61 Å². The number of hydrogen-bond donors (Lipinski definition) is 1. The van der Waals surface area contributed by atoms with Crippen LogP contribution in [0.4, 0.5) is 4.79 Å². The van der Waals surface area contributed by atoms with E-state index in [9.17, 15) is 9.90 Å². The number of rotatable bonds is 1. The van der Waals surface area contributed by atoms with Gasteiger partial charge in [-0.15, -0.1) is 0 Å². The van der Waals surface area contributed by atoms with Crippen LogP contribution in [0.2, 0.25) is 0 Å². The zero-order chi connectivity index (χ0) is 12.6. The third-order valence-corrected chi connectivity index (χ3v) is 3.22. The van der Waals surface area contributed by atoms with Gasteiger partial charge in [-0.3, -0.25) is 4.90 Å². The number of aliphatic hydroxyl groups excluding tert-OH is 1. The van der Waals surface area contributed by atoms with Crippen LogP contribution in [0, 0.1) is 0 Å². The van der Waals surface area contributed by atoms with Gasteiger partial charge >= 0.3 is 6.09 Å². The SMILES string of the molecule is CCOC(=O)N1[C@H]2[C@H](CC=C[C@@H]2O)OC1(C)C. The molecule has 1 amide bonds. The molecule has 5 nitrogen and oxygen atoms in total. The topological polar surface area (TPSA) is 59.0 Å². The van der Waals surface area contributed by atoms with Crippen LogP contribution < -0.4 is 0 Å². The van der Waals surface area contributed by atoms with Gasteiger partial charge in [-0.05, 0) is 27.2 Å². The van der Waals surface area contributed by atoms with Crippen molar-refractivity contribution < 1.29 is 19.4 Å². The van der Waals surface area contributed by atoms with Gasteiger partial charge < -0.3 is 14.6 Å². The minimum Gasteiger partial charge on any atom is -0.450 e. The maximum absolute atomic E-state index is 11.9. The number of nitrogens with zero attached hydrogens (tertiary/aromatic N) is 1. The number of ether oxygens (including phenoxy) is 2. The second-order valence-corrected chi connectivity index (χ2v) is 4.82. The van der Waals surface area contributed by atoms with Crippen molar-refractivity contribution >= 4 is 6.09 Å². The molecular weight excluding hydrogens is 222 g/mol. The van der Waals surface area contributed by atoms with E-state index in [4.69, 9.17) is 9.47 Å². The molecule has 0 aromatic heterocycles. The van der Waals surface area contributed by atoms with E-state index in [1.807, 2.05) is 19.9 Å². The van der Waals surface area contributed by atoms with E-state index >= 15 is 0 Å². The molecule has 17 heavy (non-hydrogen) atoms. The highest BCUT2D eigenvalue weighted by Crippen LogP contribution is 2.38. The lowest BCUT2D eigenvalue weighted by atomic mass is 9.95. The van der Waals surface area contributed by atoms with Crippen LogP contribution in [0.25, 0.3) is 0 Å². The van der Waals surface area contributed by atoms with Crippen molar-refractivity contribution in [2.45, 2.75) is 51.2 Å². The molecule has 0 spiro atoms. The Morgan fingerprint density at radius 2 is 2.35 bits per heavy atom. The van der Waals surface area contributed by atoms with Crippen molar-refractivity contribution in [1.29, 1.82) is 0 Å². The van der Waals surface area contributed by atoms with E-state index in [0.717, 1.165) is 0 Å². The van der Waals surface area contributed by atoms with Crippen molar-refractivity contribution in [1.82, 2.24) is 4.90 Å². The molecule has 0 aromatic carbocycles. The van der Waals surface area contributed by atoms with E-state index in [1.165, 1.54) is 4.90 Å². The number of carbonyl (C=O) groups is 1. The van der Waals surface area contributed by atoms with E-state index in [-0.39, 0.29) is 12.1 Å². The Morgan fingerprint density at radius 3 is 3.00 bits per heavy atom. The highest BCUT2D eigenvalue weighted by Gasteiger charge is 2.53. The second kappa shape index (κ2) is 4.31. The minimum atomic E-state index is -0.741. The van der Waals surface area contributed by atoms with Crippen molar-refractivity contribution in [3.8, 4) is 0 Å². The molecule has 2 rings (SSSR count). The van der Waals surface area contributed by atoms with E-state index in [2.05, 4.69) is 0 Å². The van der Waals surface area contributed by atoms with Crippen LogP contribution in [-0.2, 0) is 9.47 Å². The highest BCUT2D eigenvalue weighted by molar-refractivity contribution is 5.69. The molecule has 96 valence electrons. The van der Waals surface area contributed by atoms with Crippen LogP contribution in [0.1, 0.15) is 27.2 Å². The number of hydrogen-bond acceptors (Lipinski definition) is 4. The monoisotopic (exact) mass is 241 g/mol. The molecule has 1 heterocycles. The third kappa shape index (κ3) is 2.05. The summed E-state index contributed by atoms with van der Waals surface area (Å²) in [5.41, 5.74) is -0.741. The normalized spacial score (nSPS) is 34.6. The minimum absolute atomic E-state index is 0.158. The fourth-order valence-corrected chi connectivity index (χ4v) is 2.58.